The van der Waals surface area contributed by atoms with Gasteiger partial charge in [0.15, 0.2) is 5.16 Å². The Bertz CT molecular complexity index is 402. The Morgan fingerprint density at radius 2 is 2.22 bits per heavy atom. The van der Waals surface area contributed by atoms with Crippen LogP contribution in [-0.4, -0.2) is 44.8 Å². The lowest BCUT2D eigenvalue weighted by atomic mass is 10.2. The molecule has 0 amide bonds. The Morgan fingerprint density at radius 3 is 2.83 bits per heavy atom. The number of H-pyrrole nitrogens is 1. The fraction of sp³-hybridized carbons (Fsp3) is 0.818. The molecule has 1 atom stereocenters. The molecule has 1 heterocycles. The summed E-state index contributed by atoms with van der Waals surface area (Å²) in [7, 11) is 0. The van der Waals surface area contributed by atoms with Gasteiger partial charge in [0.1, 0.15) is 0 Å². The average Bonchev–Trinajstić information content (AvgIpc) is 2.66. The molecule has 1 aromatic heterocycles. The van der Waals surface area contributed by atoms with Gasteiger partial charge in [-0.25, -0.2) is 9.89 Å². The summed E-state index contributed by atoms with van der Waals surface area (Å²) in [5.74, 6) is 1.09. The number of rotatable bonds is 8. The molecular formula is C11H22N4O2S. The van der Waals surface area contributed by atoms with Crippen molar-refractivity contribution in [2.75, 3.05) is 18.8 Å². The third kappa shape index (κ3) is 4.83. The molecule has 0 saturated carbocycles. The highest BCUT2D eigenvalue weighted by Crippen LogP contribution is 2.13. The number of thioether (sulfide) groups is 1. The number of aromatic nitrogens is 3. The van der Waals surface area contributed by atoms with Crippen molar-refractivity contribution in [1.82, 2.24) is 20.1 Å². The van der Waals surface area contributed by atoms with Crippen LogP contribution in [0.3, 0.4) is 0 Å². The molecule has 0 bridgehead atoms. The van der Waals surface area contributed by atoms with Gasteiger partial charge in [0.2, 0.25) is 0 Å². The first-order valence-electron chi connectivity index (χ1n) is 6.21. The van der Waals surface area contributed by atoms with Crippen LogP contribution in [0.1, 0.15) is 20.8 Å². The third-order valence-electron chi connectivity index (χ3n) is 2.38. The van der Waals surface area contributed by atoms with Crippen molar-refractivity contribution < 1.29 is 5.11 Å². The number of aliphatic hydroxyl groups excluding tert-OH is 1. The number of nitrogens with one attached hydrogen (secondary N) is 2. The van der Waals surface area contributed by atoms with Gasteiger partial charge in [-0.3, -0.25) is 4.57 Å². The van der Waals surface area contributed by atoms with Crippen LogP contribution in [0, 0.1) is 5.92 Å². The van der Waals surface area contributed by atoms with E-state index in [1.54, 1.807) is 4.57 Å². The van der Waals surface area contributed by atoms with Gasteiger partial charge in [0, 0.05) is 18.8 Å². The summed E-state index contributed by atoms with van der Waals surface area (Å²) in [5.41, 5.74) is -0.201. The zero-order valence-electron chi connectivity index (χ0n) is 11.1. The molecule has 0 aromatic carbocycles. The molecule has 0 radical (unpaired) electrons. The summed E-state index contributed by atoms with van der Waals surface area (Å²) in [4.78, 5) is 11.3. The predicted molar refractivity (Wildman–Crippen MR) is 73.0 cm³/mol. The summed E-state index contributed by atoms with van der Waals surface area (Å²) in [6, 6.07) is 0. The molecule has 1 rings (SSSR count). The van der Waals surface area contributed by atoms with Crippen molar-refractivity contribution in [3.8, 4) is 0 Å². The number of hydrogen-bond acceptors (Lipinski definition) is 5. The molecular weight excluding hydrogens is 252 g/mol. The molecule has 0 aliphatic rings. The van der Waals surface area contributed by atoms with Gasteiger partial charge in [0.05, 0.1) is 6.10 Å². The SMILES string of the molecule is CCn1c(SCC(O)CNCC(C)C)n[nH]c1=O. The topological polar surface area (TPSA) is 82.9 Å². The molecule has 6 nitrogen and oxygen atoms in total. The minimum Gasteiger partial charge on any atom is -0.391 e. The first-order valence-corrected chi connectivity index (χ1v) is 7.20. The summed E-state index contributed by atoms with van der Waals surface area (Å²) in [6.07, 6.45) is -0.439. The van der Waals surface area contributed by atoms with E-state index in [1.165, 1.54) is 11.8 Å². The van der Waals surface area contributed by atoms with Gasteiger partial charge < -0.3 is 10.4 Å². The van der Waals surface area contributed by atoms with Gasteiger partial charge in [-0.1, -0.05) is 25.6 Å². The minimum absolute atomic E-state index is 0.201. The van der Waals surface area contributed by atoms with E-state index in [4.69, 9.17) is 0 Å². The maximum Gasteiger partial charge on any atom is 0.343 e. The quantitative estimate of drug-likeness (QED) is 0.594. The number of nitrogens with zero attached hydrogens (tertiary/aromatic N) is 2. The Kier molecular flexibility index (Phi) is 6.45. The monoisotopic (exact) mass is 274 g/mol. The zero-order valence-corrected chi connectivity index (χ0v) is 12.0. The molecule has 0 aliphatic carbocycles. The molecule has 1 unspecified atom stereocenters. The van der Waals surface area contributed by atoms with Crippen LogP contribution in [0.2, 0.25) is 0 Å². The van der Waals surface area contributed by atoms with Gasteiger partial charge >= 0.3 is 5.69 Å². The molecule has 7 heteroatoms. The minimum atomic E-state index is -0.439. The van der Waals surface area contributed by atoms with Crippen molar-refractivity contribution >= 4 is 11.8 Å². The van der Waals surface area contributed by atoms with Crippen LogP contribution in [0.15, 0.2) is 9.95 Å². The molecule has 104 valence electrons. The highest BCUT2D eigenvalue weighted by molar-refractivity contribution is 7.99. The van der Waals surface area contributed by atoms with Crippen molar-refractivity contribution in [3.05, 3.63) is 10.5 Å². The fourth-order valence-corrected chi connectivity index (χ4v) is 2.40. The molecule has 0 aliphatic heterocycles. The molecule has 3 N–H and O–H groups in total. The van der Waals surface area contributed by atoms with Gasteiger partial charge in [-0.2, -0.15) is 0 Å². The predicted octanol–water partition coefficient (Wildman–Crippen LogP) is 0.290. The Labute approximate surface area is 111 Å². The smallest absolute Gasteiger partial charge is 0.343 e. The first kappa shape index (κ1) is 15.3. The van der Waals surface area contributed by atoms with E-state index < -0.39 is 6.10 Å². The number of aliphatic hydroxyl groups is 1. The summed E-state index contributed by atoms with van der Waals surface area (Å²) in [5, 5.41) is 19.9. The van der Waals surface area contributed by atoms with Crippen molar-refractivity contribution in [2.24, 2.45) is 5.92 Å². The molecule has 0 fully saturated rings. The maximum absolute atomic E-state index is 11.3. The highest BCUT2D eigenvalue weighted by atomic mass is 32.2. The van der Waals surface area contributed by atoms with Crippen LogP contribution in [0.4, 0.5) is 0 Å². The average molecular weight is 274 g/mol. The van der Waals surface area contributed by atoms with Crippen LogP contribution in [0.25, 0.3) is 0 Å². The zero-order chi connectivity index (χ0) is 13.5. The number of aromatic amines is 1. The lowest BCUT2D eigenvalue weighted by Crippen LogP contribution is -2.31. The van der Waals surface area contributed by atoms with E-state index in [9.17, 15) is 9.90 Å². The van der Waals surface area contributed by atoms with E-state index in [0.717, 1.165) is 6.54 Å². The summed E-state index contributed by atoms with van der Waals surface area (Å²) in [6.45, 7) is 8.17. The van der Waals surface area contributed by atoms with E-state index in [2.05, 4.69) is 29.4 Å². The molecule has 0 spiro atoms. The van der Waals surface area contributed by atoms with Crippen molar-refractivity contribution in [2.45, 2.75) is 38.6 Å². The van der Waals surface area contributed by atoms with Crippen LogP contribution in [-0.2, 0) is 6.54 Å². The van der Waals surface area contributed by atoms with E-state index in [1.807, 2.05) is 6.92 Å². The summed E-state index contributed by atoms with van der Waals surface area (Å²) < 4.78 is 1.55. The van der Waals surface area contributed by atoms with Crippen LogP contribution >= 0.6 is 11.8 Å². The fourth-order valence-electron chi connectivity index (χ4n) is 1.46. The van der Waals surface area contributed by atoms with Crippen LogP contribution in [0.5, 0.6) is 0 Å². The second-order valence-corrected chi connectivity index (χ2v) is 5.56. The van der Waals surface area contributed by atoms with E-state index in [0.29, 0.717) is 29.9 Å². The van der Waals surface area contributed by atoms with Crippen LogP contribution < -0.4 is 11.0 Å². The van der Waals surface area contributed by atoms with E-state index >= 15 is 0 Å². The molecule has 1 aromatic rings. The second-order valence-electron chi connectivity index (χ2n) is 4.57. The Morgan fingerprint density at radius 1 is 1.50 bits per heavy atom. The largest absolute Gasteiger partial charge is 0.391 e. The first-order chi connectivity index (χ1) is 8.54. The molecule has 18 heavy (non-hydrogen) atoms. The highest BCUT2D eigenvalue weighted by Gasteiger charge is 2.10. The summed E-state index contributed by atoms with van der Waals surface area (Å²) >= 11 is 1.39. The Balaban J connectivity index is 2.33. The number of hydrogen-bond donors (Lipinski definition) is 3. The third-order valence-corrected chi connectivity index (χ3v) is 3.50. The maximum atomic E-state index is 11.3. The van der Waals surface area contributed by atoms with Gasteiger partial charge in [-0.15, -0.1) is 5.10 Å². The van der Waals surface area contributed by atoms with Gasteiger partial charge in [0.25, 0.3) is 0 Å². The van der Waals surface area contributed by atoms with Crippen molar-refractivity contribution in [3.63, 3.8) is 0 Å². The second kappa shape index (κ2) is 7.60. The van der Waals surface area contributed by atoms with Crippen molar-refractivity contribution in [1.29, 1.82) is 0 Å². The lowest BCUT2D eigenvalue weighted by Gasteiger charge is -2.12. The lowest BCUT2D eigenvalue weighted by molar-refractivity contribution is 0.194. The molecule has 0 saturated heterocycles. The van der Waals surface area contributed by atoms with Gasteiger partial charge in [-0.05, 0) is 19.4 Å². The normalized spacial score (nSPS) is 13.2. The van der Waals surface area contributed by atoms with E-state index in [-0.39, 0.29) is 5.69 Å². The Hall–Kier alpha value is -0.790. The standard InChI is InChI=1S/C11H22N4O2S/c1-4-15-10(17)13-14-11(15)18-7-9(16)6-12-5-8(2)3/h8-9,12,16H,4-7H2,1-3H3,(H,13,17).